The number of aromatic amines is 1. The van der Waals surface area contributed by atoms with Crippen LogP contribution in [0.1, 0.15) is 21.5 Å². The van der Waals surface area contributed by atoms with Gasteiger partial charge in [-0.25, -0.2) is 9.97 Å². The number of imidazole rings is 1. The maximum absolute atomic E-state index is 13.2. The van der Waals surface area contributed by atoms with E-state index in [1.807, 2.05) is 60.7 Å². The lowest BCUT2D eigenvalue weighted by atomic mass is 10.0. The van der Waals surface area contributed by atoms with Crippen molar-refractivity contribution in [2.24, 2.45) is 0 Å². The fourth-order valence-electron chi connectivity index (χ4n) is 3.60. The highest BCUT2D eigenvalue weighted by atomic mass is 16.1. The number of hydrogen-bond donors (Lipinski definition) is 2. The number of carbonyl (C=O) groups is 1. The summed E-state index contributed by atoms with van der Waals surface area (Å²) in [5, 5.41) is 3.71. The van der Waals surface area contributed by atoms with Crippen LogP contribution in [0.5, 0.6) is 0 Å². The van der Waals surface area contributed by atoms with Crippen molar-refractivity contribution in [3.63, 3.8) is 0 Å². The molecular weight excluding hydrogens is 372 g/mol. The molecule has 0 aliphatic heterocycles. The Bertz CT molecular complexity index is 1380. The first-order valence-electron chi connectivity index (χ1n) is 9.82. The Morgan fingerprint density at radius 1 is 0.833 bits per heavy atom. The molecule has 5 heteroatoms. The molecule has 0 unspecified atom stereocenters. The molecule has 0 fully saturated rings. The van der Waals surface area contributed by atoms with Crippen LogP contribution in [0.4, 0.5) is 5.95 Å². The molecule has 0 bridgehead atoms. The molecule has 2 heterocycles. The molecule has 0 atom stereocenters. The summed E-state index contributed by atoms with van der Waals surface area (Å²) in [7, 11) is 0. The summed E-state index contributed by atoms with van der Waals surface area (Å²) in [4.78, 5) is 25.6. The van der Waals surface area contributed by atoms with Crippen molar-refractivity contribution in [3.05, 3.63) is 89.5 Å². The minimum atomic E-state index is -0.224. The second-order valence-electron chi connectivity index (χ2n) is 7.43. The lowest BCUT2D eigenvalue weighted by molar-refractivity contribution is 0.102. The molecule has 30 heavy (non-hydrogen) atoms. The van der Waals surface area contributed by atoms with Crippen LogP contribution in [-0.4, -0.2) is 20.9 Å². The number of nitrogens with zero attached hydrogens (tertiary/aromatic N) is 2. The summed E-state index contributed by atoms with van der Waals surface area (Å²) < 4.78 is 0. The van der Waals surface area contributed by atoms with Gasteiger partial charge in [0.1, 0.15) is 0 Å². The zero-order valence-electron chi connectivity index (χ0n) is 16.7. The summed E-state index contributed by atoms with van der Waals surface area (Å²) in [5.74, 6) is 0.201. The van der Waals surface area contributed by atoms with E-state index in [1.165, 1.54) is 11.1 Å². The van der Waals surface area contributed by atoms with Crippen molar-refractivity contribution in [2.45, 2.75) is 13.8 Å². The van der Waals surface area contributed by atoms with E-state index >= 15 is 0 Å². The van der Waals surface area contributed by atoms with Crippen LogP contribution in [0.3, 0.4) is 0 Å². The van der Waals surface area contributed by atoms with Gasteiger partial charge in [0.25, 0.3) is 5.91 Å². The second kappa shape index (κ2) is 7.12. The Balaban J connectivity index is 1.59. The lowest BCUT2D eigenvalue weighted by Gasteiger charge is -2.11. The monoisotopic (exact) mass is 392 g/mol. The van der Waals surface area contributed by atoms with E-state index in [2.05, 4.69) is 41.3 Å². The van der Waals surface area contributed by atoms with E-state index in [0.29, 0.717) is 11.5 Å². The van der Waals surface area contributed by atoms with E-state index in [0.717, 1.165) is 33.2 Å². The van der Waals surface area contributed by atoms with Crippen LogP contribution >= 0.6 is 0 Å². The normalized spacial score (nSPS) is 11.1. The number of para-hydroxylation sites is 3. The molecular formula is C25H20N4O. The van der Waals surface area contributed by atoms with Crippen LogP contribution in [-0.2, 0) is 0 Å². The Hall–Kier alpha value is -3.99. The number of amides is 1. The zero-order valence-corrected chi connectivity index (χ0v) is 16.7. The number of pyridine rings is 1. The Morgan fingerprint density at radius 3 is 2.40 bits per heavy atom. The number of aryl methyl sites for hydroxylation is 2. The number of hydrogen-bond acceptors (Lipinski definition) is 3. The third-order valence-corrected chi connectivity index (χ3v) is 5.38. The molecule has 1 amide bonds. The van der Waals surface area contributed by atoms with Gasteiger partial charge >= 0.3 is 0 Å². The Kier molecular flexibility index (Phi) is 4.29. The minimum Gasteiger partial charge on any atom is -0.324 e. The van der Waals surface area contributed by atoms with Crippen molar-refractivity contribution in [2.75, 3.05) is 5.32 Å². The highest BCUT2D eigenvalue weighted by Crippen LogP contribution is 2.27. The van der Waals surface area contributed by atoms with Gasteiger partial charge in [0.2, 0.25) is 5.95 Å². The predicted molar refractivity (Wildman–Crippen MR) is 121 cm³/mol. The number of aromatic nitrogens is 3. The SMILES string of the molecule is Cc1ccc(-c2cc(C(=O)Nc3nc4ccccc4[nH]3)c3ccccc3n2)cc1C. The molecule has 0 aliphatic rings. The van der Waals surface area contributed by atoms with Gasteiger partial charge in [0.15, 0.2) is 0 Å². The second-order valence-corrected chi connectivity index (χ2v) is 7.43. The molecule has 2 aromatic heterocycles. The summed E-state index contributed by atoms with van der Waals surface area (Å²) in [6.45, 7) is 4.16. The molecule has 5 nitrogen and oxygen atoms in total. The van der Waals surface area contributed by atoms with Crippen LogP contribution in [0.25, 0.3) is 33.2 Å². The maximum atomic E-state index is 13.2. The molecule has 5 rings (SSSR count). The lowest BCUT2D eigenvalue weighted by Crippen LogP contribution is -2.14. The van der Waals surface area contributed by atoms with Gasteiger partial charge < -0.3 is 4.98 Å². The summed E-state index contributed by atoms with van der Waals surface area (Å²) in [6.07, 6.45) is 0. The zero-order chi connectivity index (χ0) is 20.7. The van der Waals surface area contributed by atoms with Gasteiger partial charge in [0, 0.05) is 10.9 Å². The van der Waals surface area contributed by atoms with E-state index < -0.39 is 0 Å². The van der Waals surface area contributed by atoms with Crippen LogP contribution in [0.15, 0.2) is 72.8 Å². The van der Waals surface area contributed by atoms with Crippen LogP contribution < -0.4 is 5.32 Å². The first-order valence-corrected chi connectivity index (χ1v) is 9.82. The molecule has 146 valence electrons. The number of benzene rings is 3. The third kappa shape index (κ3) is 3.20. The average Bonchev–Trinajstić information content (AvgIpc) is 3.17. The highest BCUT2D eigenvalue weighted by Gasteiger charge is 2.16. The number of H-pyrrole nitrogens is 1. The van der Waals surface area contributed by atoms with E-state index in [-0.39, 0.29) is 5.91 Å². The molecule has 0 saturated heterocycles. The summed E-state index contributed by atoms with van der Waals surface area (Å²) in [5.41, 5.74) is 7.20. The fourth-order valence-corrected chi connectivity index (χ4v) is 3.60. The van der Waals surface area contributed by atoms with E-state index in [9.17, 15) is 4.79 Å². The van der Waals surface area contributed by atoms with Gasteiger partial charge in [-0.15, -0.1) is 0 Å². The number of fused-ring (bicyclic) bond motifs is 2. The molecule has 0 radical (unpaired) electrons. The Labute approximate surface area is 173 Å². The number of carbonyl (C=O) groups excluding carboxylic acids is 1. The third-order valence-electron chi connectivity index (χ3n) is 5.38. The Morgan fingerprint density at radius 2 is 1.60 bits per heavy atom. The van der Waals surface area contributed by atoms with Crippen LogP contribution in [0.2, 0.25) is 0 Å². The van der Waals surface area contributed by atoms with Gasteiger partial charge in [-0.2, -0.15) is 0 Å². The number of anilines is 1. The van der Waals surface area contributed by atoms with Crippen molar-refractivity contribution in [3.8, 4) is 11.3 Å². The quantitative estimate of drug-likeness (QED) is 0.417. The topological polar surface area (TPSA) is 70.7 Å². The molecule has 3 aromatic carbocycles. The van der Waals surface area contributed by atoms with E-state index in [4.69, 9.17) is 4.98 Å². The van der Waals surface area contributed by atoms with Crippen molar-refractivity contribution < 1.29 is 4.79 Å². The number of nitrogens with one attached hydrogen (secondary N) is 2. The largest absolute Gasteiger partial charge is 0.324 e. The average molecular weight is 392 g/mol. The van der Waals surface area contributed by atoms with Gasteiger partial charge in [-0.05, 0) is 55.3 Å². The molecule has 0 saturated carbocycles. The first-order chi connectivity index (χ1) is 14.6. The number of rotatable bonds is 3. The van der Waals surface area contributed by atoms with Crippen molar-refractivity contribution >= 4 is 33.8 Å². The first kappa shape index (κ1) is 18.1. The fraction of sp³-hybridized carbons (Fsp3) is 0.0800. The maximum Gasteiger partial charge on any atom is 0.258 e. The van der Waals surface area contributed by atoms with Crippen molar-refractivity contribution in [1.29, 1.82) is 0 Å². The molecule has 0 aliphatic carbocycles. The standard InChI is InChI=1S/C25H20N4O/c1-15-11-12-17(13-16(15)2)23-14-19(18-7-3-4-8-20(18)26-23)24(30)29-25-27-21-9-5-6-10-22(21)28-25/h3-14H,1-2H3,(H2,27,28,29,30). The molecule has 0 spiro atoms. The van der Waals surface area contributed by atoms with Gasteiger partial charge in [-0.1, -0.05) is 42.5 Å². The highest BCUT2D eigenvalue weighted by molar-refractivity contribution is 6.12. The predicted octanol–water partition coefficient (Wildman–Crippen LogP) is 5.65. The van der Waals surface area contributed by atoms with Crippen molar-refractivity contribution in [1.82, 2.24) is 15.0 Å². The molecule has 2 N–H and O–H groups in total. The van der Waals surface area contributed by atoms with Gasteiger partial charge in [0.05, 0.1) is 27.8 Å². The summed E-state index contributed by atoms with van der Waals surface area (Å²) >= 11 is 0. The molecule has 5 aromatic rings. The minimum absolute atomic E-state index is 0.224. The van der Waals surface area contributed by atoms with E-state index in [1.54, 1.807) is 0 Å². The smallest absolute Gasteiger partial charge is 0.258 e. The van der Waals surface area contributed by atoms with Crippen LogP contribution in [0, 0.1) is 13.8 Å². The summed E-state index contributed by atoms with van der Waals surface area (Å²) in [6, 6.07) is 23.4. The van der Waals surface area contributed by atoms with Gasteiger partial charge in [-0.3, -0.25) is 10.1 Å².